The predicted octanol–water partition coefficient (Wildman–Crippen LogP) is 3.25. The topological polar surface area (TPSA) is 67.6 Å². The Morgan fingerprint density at radius 1 is 1.35 bits per heavy atom. The number of halogens is 2. The number of methoxy groups -OCH3 is 1. The van der Waals surface area contributed by atoms with E-state index in [1.807, 2.05) is 26.0 Å². The summed E-state index contributed by atoms with van der Waals surface area (Å²) in [5.74, 6) is 1.46. The summed E-state index contributed by atoms with van der Waals surface area (Å²) in [6.45, 7) is 7.18. The Morgan fingerprint density at radius 3 is 2.62 bits per heavy atom. The number of nitrogens with zero attached hydrogens (tertiary/aromatic N) is 1. The molecule has 150 valence electrons. The van der Waals surface area contributed by atoms with Crippen molar-refractivity contribution in [3.05, 3.63) is 24.3 Å². The molecule has 1 heterocycles. The third-order valence-electron chi connectivity index (χ3n) is 5.48. The summed E-state index contributed by atoms with van der Waals surface area (Å²) in [6.07, 6.45) is 2.66. The fourth-order valence-corrected chi connectivity index (χ4v) is 3.42. The van der Waals surface area contributed by atoms with Gasteiger partial charge in [0.25, 0.3) is 0 Å². The molecule has 1 fully saturated rings. The molecule has 0 bridgehead atoms. The molecule has 1 aromatic rings. The summed E-state index contributed by atoms with van der Waals surface area (Å²) >= 11 is 0. The molecule has 1 aliphatic rings. The predicted molar refractivity (Wildman–Crippen MR) is 113 cm³/mol. The van der Waals surface area contributed by atoms with Crippen molar-refractivity contribution >= 4 is 36.4 Å². The van der Waals surface area contributed by atoms with Gasteiger partial charge in [-0.25, -0.2) is 0 Å². The molecule has 7 heteroatoms. The molecule has 0 aromatic heterocycles. The number of benzene rings is 1. The lowest BCUT2D eigenvalue weighted by Crippen LogP contribution is -2.46. The van der Waals surface area contributed by atoms with Gasteiger partial charge in [0.1, 0.15) is 5.75 Å². The van der Waals surface area contributed by atoms with Gasteiger partial charge in [-0.1, -0.05) is 19.9 Å². The van der Waals surface area contributed by atoms with Crippen LogP contribution in [0.3, 0.4) is 0 Å². The van der Waals surface area contributed by atoms with Gasteiger partial charge in [-0.05, 0) is 37.3 Å². The number of carbonyl (C=O) groups excluding carboxylic acids is 1. The zero-order valence-corrected chi connectivity index (χ0v) is 17.6. The highest BCUT2D eigenvalue weighted by Crippen LogP contribution is 2.28. The molecule has 0 spiro atoms. The van der Waals surface area contributed by atoms with Gasteiger partial charge in [-0.15, -0.1) is 24.8 Å². The van der Waals surface area contributed by atoms with Crippen molar-refractivity contribution in [2.75, 3.05) is 38.2 Å². The van der Waals surface area contributed by atoms with Crippen LogP contribution in [0.25, 0.3) is 0 Å². The lowest BCUT2D eigenvalue weighted by molar-refractivity contribution is -0.131. The Bertz CT molecular complexity index is 545. The molecule has 5 nitrogen and oxygen atoms in total. The molecular formula is C19H33Cl2N3O2. The van der Waals surface area contributed by atoms with E-state index in [2.05, 4.69) is 22.3 Å². The first-order chi connectivity index (χ1) is 11.6. The zero-order chi connectivity index (χ0) is 17.6. The van der Waals surface area contributed by atoms with E-state index in [4.69, 9.17) is 10.5 Å². The summed E-state index contributed by atoms with van der Waals surface area (Å²) in [5, 5.41) is 3.14. The first-order valence-corrected chi connectivity index (χ1v) is 8.96. The lowest BCUT2D eigenvalue weighted by Gasteiger charge is -2.29. The van der Waals surface area contributed by atoms with Gasteiger partial charge in [-0.3, -0.25) is 4.79 Å². The van der Waals surface area contributed by atoms with E-state index >= 15 is 0 Å². The van der Waals surface area contributed by atoms with Gasteiger partial charge in [0.05, 0.1) is 12.5 Å². The van der Waals surface area contributed by atoms with Crippen molar-refractivity contribution in [3.8, 4) is 5.75 Å². The van der Waals surface area contributed by atoms with E-state index in [1.165, 1.54) is 5.69 Å². The number of amides is 1. The number of hydrogen-bond donors (Lipinski definition) is 2. The number of nitrogens with two attached hydrogens (primary N) is 1. The summed E-state index contributed by atoms with van der Waals surface area (Å²) in [5.41, 5.74) is 6.63. The van der Waals surface area contributed by atoms with Crippen LogP contribution in [0.5, 0.6) is 5.75 Å². The van der Waals surface area contributed by atoms with Crippen LogP contribution in [0.15, 0.2) is 24.3 Å². The molecule has 1 aromatic carbocycles. The number of ether oxygens (including phenoxy) is 1. The number of carbonyl (C=O) groups is 1. The fraction of sp³-hybridized carbons (Fsp3) is 0.632. The van der Waals surface area contributed by atoms with Crippen molar-refractivity contribution in [3.63, 3.8) is 0 Å². The molecule has 0 aliphatic carbocycles. The van der Waals surface area contributed by atoms with Gasteiger partial charge in [0, 0.05) is 37.9 Å². The Labute approximate surface area is 169 Å². The molecule has 1 aliphatic heterocycles. The second-order valence-electron chi connectivity index (χ2n) is 6.70. The lowest BCUT2D eigenvalue weighted by atomic mass is 9.81. The van der Waals surface area contributed by atoms with Gasteiger partial charge in [0.2, 0.25) is 5.91 Å². The van der Waals surface area contributed by atoms with Gasteiger partial charge < -0.3 is 20.7 Å². The highest BCUT2D eigenvalue weighted by Gasteiger charge is 2.34. The van der Waals surface area contributed by atoms with E-state index in [0.717, 1.165) is 44.6 Å². The maximum atomic E-state index is 12.5. The highest BCUT2D eigenvalue weighted by atomic mass is 35.5. The first kappa shape index (κ1) is 24.8. The van der Waals surface area contributed by atoms with E-state index < -0.39 is 5.41 Å². The quantitative estimate of drug-likeness (QED) is 0.696. The minimum Gasteiger partial charge on any atom is -0.497 e. The number of nitrogens with one attached hydrogen (secondary N) is 1. The smallest absolute Gasteiger partial charge is 0.227 e. The highest BCUT2D eigenvalue weighted by molar-refractivity contribution is 5.85. The van der Waals surface area contributed by atoms with Crippen LogP contribution in [0.4, 0.5) is 5.69 Å². The van der Waals surface area contributed by atoms with Crippen LogP contribution in [0.2, 0.25) is 0 Å². The molecular weight excluding hydrogens is 373 g/mol. The van der Waals surface area contributed by atoms with Crippen LogP contribution in [-0.4, -0.2) is 39.2 Å². The minimum absolute atomic E-state index is 0. The van der Waals surface area contributed by atoms with Gasteiger partial charge in [-0.2, -0.15) is 0 Å². The normalized spacial score (nSPS) is 16.5. The number of hydrogen-bond acceptors (Lipinski definition) is 4. The molecule has 2 rings (SSSR count). The van der Waals surface area contributed by atoms with Gasteiger partial charge in [0.15, 0.2) is 0 Å². The van der Waals surface area contributed by atoms with Crippen LogP contribution in [0, 0.1) is 11.3 Å². The maximum absolute atomic E-state index is 12.5. The molecule has 3 N–H and O–H groups in total. The number of anilines is 1. The van der Waals surface area contributed by atoms with E-state index in [9.17, 15) is 4.79 Å². The number of rotatable bonds is 8. The first-order valence-electron chi connectivity index (χ1n) is 8.96. The summed E-state index contributed by atoms with van der Waals surface area (Å²) in [4.78, 5) is 14.9. The maximum Gasteiger partial charge on any atom is 0.227 e. The van der Waals surface area contributed by atoms with Crippen LogP contribution < -0.4 is 20.7 Å². The second-order valence-corrected chi connectivity index (χ2v) is 6.70. The fourth-order valence-electron chi connectivity index (χ4n) is 3.42. The summed E-state index contributed by atoms with van der Waals surface area (Å²) in [7, 11) is 1.69. The van der Waals surface area contributed by atoms with Crippen molar-refractivity contribution in [1.29, 1.82) is 0 Å². The van der Waals surface area contributed by atoms with Crippen molar-refractivity contribution in [2.24, 2.45) is 17.1 Å². The van der Waals surface area contributed by atoms with E-state index in [-0.39, 0.29) is 30.7 Å². The minimum atomic E-state index is -0.412. The molecule has 1 amide bonds. The van der Waals surface area contributed by atoms with Gasteiger partial charge >= 0.3 is 0 Å². The molecule has 1 unspecified atom stereocenters. The summed E-state index contributed by atoms with van der Waals surface area (Å²) < 4.78 is 5.30. The monoisotopic (exact) mass is 405 g/mol. The Morgan fingerprint density at radius 2 is 2.04 bits per heavy atom. The van der Waals surface area contributed by atoms with Crippen LogP contribution in [0.1, 0.15) is 33.1 Å². The molecule has 0 radical (unpaired) electrons. The van der Waals surface area contributed by atoms with Crippen molar-refractivity contribution in [1.82, 2.24) is 5.32 Å². The third kappa shape index (κ3) is 5.66. The molecule has 0 saturated carbocycles. The van der Waals surface area contributed by atoms with Crippen LogP contribution in [-0.2, 0) is 4.79 Å². The average Bonchev–Trinajstić information content (AvgIpc) is 3.11. The second kappa shape index (κ2) is 11.5. The Balaban J connectivity index is 0.00000312. The largest absolute Gasteiger partial charge is 0.497 e. The zero-order valence-electron chi connectivity index (χ0n) is 16.0. The average molecular weight is 406 g/mol. The van der Waals surface area contributed by atoms with Crippen molar-refractivity contribution in [2.45, 2.75) is 33.1 Å². The van der Waals surface area contributed by atoms with E-state index in [1.54, 1.807) is 7.11 Å². The van der Waals surface area contributed by atoms with E-state index in [0.29, 0.717) is 12.5 Å². The SMILES string of the molecule is CCC(CC)(CN)C(=O)NCC1CCN(c2cccc(OC)c2)C1.Cl.Cl. The molecule has 1 saturated heterocycles. The Kier molecular flexibility index (Phi) is 11.0. The Hall–Kier alpha value is -1.17. The summed E-state index contributed by atoms with van der Waals surface area (Å²) in [6, 6.07) is 8.15. The molecule has 26 heavy (non-hydrogen) atoms. The molecule has 1 atom stereocenters. The standard InChI is InChI=1S/C19H31N3O2.2ClH/c1-4-19(5-2,14-20)18(23)21-12-15-9-10-22(13-15)16-7-6-8-17(11-16)24-3;;/h6-8,11,15H,4-5,9-10,12-14,20H2,1-3H3,(H,21,23);2*1H. The van der Waals surface area contributed by atoms with Crippen LogP contribution >= 0.6 is 24.8 Å². The third-order valence-corrected chi connectivity index (χ3v) is 5.48. The van der Waals surface area contributed by atoms with Crippen molar-refractivity contribution < 1.29 is 9.53 Å².